The molecule has 1 rings (SSSR count). The van der Waals surface area contributed by atoms with Gasteiger partial charge in [-0.15, -0.1) is 0 Å². The largest absolute Gasteiger partial charge is 0.295 e. The van der Waals surface area contributed by atoms with Crippen molar-refractivity contribution in [2.75, 3.05) is 6.54 Å². The molecule has 0 spiro atoms. The molecule has 1 aliphatic heterocycles. The Kier molecular flexibility index (Phi) is 3.02. The molecule has 0 aliphatic carbocycles. The maximum atomic E-state index is 2.69. The van der Waals surface area contributed by atoms with Gasteiger partial charge in [0, 0.05) is 18.1 Å². The van der Waals surface area contributed by atoms with Crippen molar-refractivity contribution in [2.24, 2.45) is 11.3 Å². The number of hydrogen-bond donors (Lipinski definition) is 0. The van der Waals surface area contributed by atoms with Crippen molar-refractivity contribution in [1.29, 1.82) is 0 Å². The van der Waals surface area contributed by atoms with Crippen LogP contribution in [0.5, 0.6) is 0 Å². The van der Waals surface area contributed by atoms with Crippen LogP contribution in [0, 0.1) is 11.3 Å². The van der Waals surface area contributed by atoms with Crippen LogP contribution in [0.25, 0.3) is 0 Å². The Morgan fingerprint density at radius 2 is 1.71 bits per heavy atom. The molecule has 1 unspecified atom stereocenters. The maximum absolute atomic E-state index is 2.69. The summed E-state index contributed by atoms with van der Waals surface area (Å²) in [5, 5.41) is 0. The van der Waals surface area contributed by atoms with E-state index in [4.69, 9.17) is 0 Å². The fourth-order valence-electron chi connectivity index (χ4n) is 2.65. The van der Waals surface area contributed by atoms with Gasteiger partial charge in [0.15, 0.2) is 0 Å². The molecule has 1 heterocycles. The Bertz CT molecular complexity index is 198. The molecule has 0 radical (unpaired) electrons. The van der Waals surface area contributed by atoms with Crippen LogP contribution in [-0.4, -0.2) is 23.0 Å². The van der Waals surface area contributed by atoms with E-state index in [0.717, 1.165) is 12.0 Å². The van der Waals surface area contributed by atoms with Gasteiger partial charge in [0.25, 0.3) is 0 Å². The summed E-state index contributed by atoms with van der Waals surface area (Å²) >= 11 is 0. The van der Waals surface area contributed by atoms with Crippen LogP contribution in [0.15, 0.2) is 0 Å². The lowest BCUT2D eigenvalue weighted by Crippen LogP contribution is -2.46. The molecule has 1 aliphatic rings. The van der Waals surface area contributed by atoms with Crippen LogP contribution in [0.3, 0.4) is 0 Å². The zero-order valence-corrected chi connectivity index (χ0v) is 11.0. The highest BCUT2D eigenvalue weighted by Crippen LogP contribution is 2.40. The second-order valence-corrected chi connectivity index (χ2v) is 6.98. The number of rotatable bonds is 1. The van der Waals surface area contributed by atoms with Crippen molar-refractivity contribution in [1.82, 2.24) is 4.90 Å². The molecule has 1 nitrogen and oxygen atoms in total. The standard InChI is InChI=1S/C13H27N/c1-10(2)11-8-13(6,7)9-14(11)12(3,4)5/h10-11H,8-9H2,1-7H3. The molecule has 1 fully saturated rings. The Hall–Kier alpha value is -0.0400. The molecule has 14 heavy (non-hydrogen) atoms. The van der Waals surface area contributed by atoms with E-state index in [2.05, 4.69) is 53.4 Å². The minimum absolute atomic E-state index is 0.322. The SMILES string of the molecule is CC(C)C1CC(C)(C)CN1C(C)(C)C. The topological polar surface area (TPSA) is 3.24 Å². The van der Waals surface area contributed by atoms with Crippen molar-refractivity contribution >= 4 is 0 Å². The minimum atomic E-state index is 0.322. The summed E-state index contributed by atoms with van der Waals surface area (Å²) in [6.07, 6.45) is 1.35. The fourth-order valence-corrected chi connectivity index (χ4v) is 2.65. The highest BCUT2D eigenvalue weighted by Gasteiger charge is 2.42. The van der Waals surface area contributed by atoms with Gasteiger partial charge in [-0.25, -0.2) is 0 Å². The molecule has 0 saturated carbocycles. The Balaban J connectivity index is 2.83. The van der Waals surface area contributed by atoms with Gasteiger partial charge in [-0.05, 0) is 38.5 Å². The number of likely N-dealkylation sites (tertiary alicyclic amines) is 1. The van der Waals surface area contributed by atoms with Gasteiger partial charge in [0.1, 0.15) is 0 Å². The molecule has 0 bridgehead atoms. The molecule has 84 valence electrons. The Morgan fingerprint density at radius 3 is 2.00 bits per heavy atom. The lowest BCUT2D eigenvalue weighted by molar-refractivity contribution is 0.0911. The average Bonchev–Trinajstić information content (AvgIpc) is 2.24. The van der Waals surface area contributed by atoms with Crippen LogP contribution >= 0.6 is 0 Å². The normalized spacial score (nSPS) is 28.7. The van der Waals surface area contributed by atoms with E-state index in [9.17, 15) is 0 Å². The summed E-state index contributed by atoms with van der Waals surface area (Å²) in [6.45, 7) is 17.8. The smallest absolute Gasteiger partial charge is 0.0129 e. The first-order chi connectivity index (χ1) is 6.13. The summed E-state index contributed by atoms with van der Waals surface area (Å²) in [4.78, 5) is 2.69. The van der Waals surface area contributed by atoms with Crippen LogP contribution in [0.4, 0.5) is 0 Å². The van der Waals surface area contributed by atoms with Gasteiger partial charge in [-0.2, -0.15) is 0 Å². The third kappa shape index (κ3) is 2.50. The third-order valence-electron chi connectivity index (χ3n) is 3.39. The van der Waals surface area contributed by atoms with Gasteiger partial charge < -0.3 is 0 Å². The zero-order chi connectivity index (χ0) is 11.1. The van der Waals surface area contributed by atoms with Crippen molar-refractivity contribution in [3.8, 4) is 0 Å². The average molecular weight is 197 g/mol. The van der Waals surface area contributed by atoms with E-state index in [1.54, 1.807) is 0 Å². The monoisotopic (exact) mass is 197 g/mol. The van der Waals surface area contributed by atoms with E-state index < -0.39 is 0 Å². The van der Waals surface area contributed by atoms with E-state index in [-0.39, 0.29) is 0 Å². The lowest BCUT2D eigenvalue weighted by Gasteiger charge is -2.39. The summed E-state index contributed by atoms with van der Waals surface area (Å²) < 4.78 is 0. The zero-order valence-electron chi connectivity index (χ0n) is 11.0. The summed E-state index contributed by atoms with van der Waals surface area (Å²) in [5.41, 5.74) is 0.824. The predicted molar refractivity (Wildman–Crippen MR) is 63.5 cm³/mol. The van der Waals surface area contributed by atoms with E-state index in [1.165, 1.54) is 13.0 Å². The Labute approximate surface area is 89.9 Å². The maximum Gasteiger partial charge on any atom is 0.0129 e. The number of hydrogen-bond acceptors (Lipinski definition) is 1. The third-order valence-corrected chi connectivity index (χ3v) is 3.39. The predicted octanol–water partition coefficient (Wildman–Crippen LogP) is 3.54. The molecule has 0 amide bonds. The quantitative estimate of drug-likeness (QED) is 0.621. The second kappa shape index (κ2) is 3.52. The van der Waals surface area contributed by atoms with Crippen molar-refractivity contribution < 1.29 is 0 Å². The lowest BCUT2D eigenvalue weighted by atomic mass is 9.87. The van der Waals surface area contributed by atoms with Gasteiger partial charge in [-0.3, -0.25) is 4.90 Å². The molecule has 1 heteroatoms. The Morgan fingerprint density at radius 1 is 1.21 bits per heavy atom. The molecule has 1 saturated heterocycles. The molecule has 0 aromatic heterocycles. The number of nitrogens with zero attached hydrogens (tertiary/aromatic N) is 1. The second-order valence-electron chi connectivity index (χ2n) is 6.98. The van der Waals surface area contributed by atoms with Crippen molar-refractivity contribution in [3.63, 3.8) is 0 Å². The van der Waals surface area contributed by atoms with Gasteiger partial charge in [-0.1, -0.05) is 27.7 Å². The van der Waals surface area contributed by atoms with Gasteiger partial charge in [0.2, 0.25) is 0 Å². The minimum Gasteiger partial charge on any atom is -0.295 e. The van der Waals surface area contributed by atoms with Crippen molar-refractivity contribution in [2.45, 2.75) is 66.5 Å². The van der Waals surface area contributed by atoms with Gasteiger partial charge >= 0.3 is 0 Å². The molecular formula is C13H27N. The first-order valence-electron chi connectivity index (χ1n) is 5.90. The summed E-state index contributed by atoms with van der Waals surface area (Å²) in [6, 6.07) is 0.769. The molecule has 0 N–H and O–H groups in total. The molecular weight excluding hydrogens is 170 g/mol. The van der Waals surface area contributed by atoms with Crippen LogP contribution < -0.4 is 0 Å². The van der Waals surface area contributed by atoms with Crippen LogP contribution in [0.2, 0.25) is 0 Å². The summed E-state index contributed by atoms with van der Waals surface area (Å²) in [7, 11) is 0. The molecule has 1 atom stereocenters. The highest BCUT2D eigenvalue weighted by atomic mass is 15.2. The first-order valence-corrected chi connectivity index (χ1v) is 5.90. The van der Waals surface area contributed by atoms with Crippen LogP contribution in [-0.2, 0) is 0 Å². The fraction of sp³-hybridized carbons (Fsp3) is 1.00. The van der Waals surface area contributed by atoms with Crippen LogP contribution in [0.1, 0.15) is 54.9 Å². The molecule has 0 aromatic carbocycles. The highest BCUT2D eigenvalue weighted by molar-refractivity contribution is 4.97. The van der Waals surface area contributed by atoms with Gasteiger partial charge in [0.05, 0.1) is 0 Å². The first kappa shape index (κ1) is 12.0. The van der Waals surface area contributed by atoms with E-state index in [1.807, 2.05) is 0 Å². The summed E-state index contributed by atoms with van der Waals surface area (Å²) in [5.74, 6) is 0.774. The van der Waals surface area contributed by atoms with E-state index in [0.29, 0.717) is 11.0 Å². The van der Waals surface area contributed by atoms with E-state index >= 15 is 0 Å². The molecule has 0 aromatic rings. The van der Waals surface area contributed by atoms with Crippen molar-refractivity contribution in [3.05, 3.63) is 0 Å².